The number of thiocarbonyl (C=S) groups is 1. The van der Waals surface area contributed by atoms with Crippen molar-refractivity contribution in [3.63, 3.8) is 0 Å². The summed E-state index contributed by atoms with van der Waals surface area (Å²) in [5.74, 6) is 0. The van der Waals surface area contributed by atoms with Crippen molar-refractivity contribution in [1.29, 1.82) is 0 Å². The molecule has 0 fully saturated rings. The van der Waals surface area contributed by atoms with Crippen LogP contribution < -0.4 is 10.7 Å². The van der Waals surface area contributed by atoms with E-state index < -0.39 is 4.92 Å². The van der Waals surface area contributed by atoms with Crippen LogP contribution in [0.4, 0.5) is 5.69 Å². The van der Waals surface area contributed by atoms with E-state index >= 15 is 0 Å². The predicted octanol–water partition coefficient (Wildman–Crippen LogP) is 1.96. The second-order valence-corrected chi connectivity index (χ2v) is 5.48. The van der Waals surface area contributed by atoms with Gasteiger partial charge in [0.15, 0.2) is 10.3 Å². The Bertz CT molecular complexity index is 738. The second kappa shape index (κ2) is 8.15. The zero-order valence-corrected chi connectivity index (χ0v) is 13.6. The van der Waals surface area contributed by atoms with Gasteiger partial charge in [0.05, 0.1) is 16.0 Å². The molecular formula is C13H12N6O2S2. The van der Waals surface area contributed by atoms with E-state index in [-0.39, 0.29) is 5.69 Å². The Labute approximate surface area is 141 Å². The third kappa shape index (κ3) is 4.97. The summed E-state index contributed by atoms with van der Waals surface area (Å²) < 4.78 is 0. The van der Waals surface area contributed by atoms with E-state index in [0.717, 1.165) is 11.8 Å². The molecule has 0 radical (unpaired) electrons. The Morgan fingerprint density at radius 3 is 2.83 bits per heavy atom. The maximum absolute atomic E-state index is 11.3. The summed E-state index contributed by atoms with van der Waals surface area (Å²) in [6, 6.07) is 6.46. The van der Waals surface area contributed by atoms with Gasteiger partial charge in [-0.15, -0.1) is 0 Å². The largest absolute Gasteiger partial charge is 0.364 e. The van der Waals surface area contributed by atoms with Crippen LogP contribution in [0, 0.1) is 10.1 Å². The Morgan fingerprint density at radius 1 is 1.43 bits per heavy atom. The number of hydrazone groups is 1. The summed E-state index contributed by atoms with van der Waals surface area (Å²) in [4.78, 5) is 19.4. The number of nitro benzene ring substituents is 1. The van der Waals surface area contributed by atoms with Crippen molar-refractivity contribution in [3.8, 4) is 0 Å². The van der Waals surface area contributed by atoms with Crippen molar-refractivity contribution in [2.75, 3.05) is 7.05 Å². The van der Waals surface area contributed by atoms with Crippen molar-refractivity contribution in [1.82, 2.24) is 20.7 Å². The highest BCUT2D eigenvalue weighted by Crippen LogP contribution is 2.33. The van der Waals surface area contributed by atoms with Crippen LogP contribution in [0.25, 0.3) is 0 Å². The number of nitrogens with one attached hydrogen (secondary N) is 2. The number of nitro groups is 1. The fraction of sp³-hybridized carbons (Fsp3) is 0.0769. The van der Waals surface area contributed by atoms with Gasteiger partial charge in [0, 0.05) is 31.1 Å². The highest BCUT2D eigenvalue weighted by Gasteiger charge is 2.16. The standard InChI is InChI=1S/C13H12N6O2S2/c1-14-12(22)18-17-8-9-3-4-11(10(7-9)19(20)21)23-13-15-5-2-6-16-13/h2-8H,1H3,(H2,14,18,22). The molecular weight excluding hydrogens is 336 g/mol. The first kappa shape index (κ1) is 16.8. The molecule has 0 aliphatic heterocycles. The smallest absolute Gasteiger partial charge is 0.283 e. The molecule has 118 valence electrons. The summed E-state index contributed by atoms with van der Waals surface area (Å²) >= 11 is 6.00. The van der Waals surface area contributed by atoms with E-state index in [2.05, 4.69) is 25.8 Å². The quantitative estimate of drug-likeness (QED) is 0.278. The average molecular weight is 348 g/mol. The minimum Gasteiger partial charge on any atom is -0.364 e. The van der Waals surface area contributed by atoms with Gasteiger partial charge in [-0.25, -0.2) is 9.97 Å². The van der Waals surface area contributed by atoms with Crippen LogP contribution in [0.15, 0.2) is 51.8 Å². The van der Waals surface area contributed by atoms with E-state index in [9.17, 15) is 10.1 Å². The van der Waals surface area contributed by atoms with E-state index in [0.29, 0.717) is 20.7 Å². The highest BCUT2D eigenvalue weighted by atomic mass is 32.2. The molecule has 10 heteroatoms. The maximum atomic E-state index is 11.3. The van der Waals surface area contributed by atoms with Crippen molar-refractivity contribution in [2.45, 2.75) is 10.1 Å². The first-order valence-corrected chi connectivity index (χ1v) is 7.56. The zero-order valence-electron chi connectivity index (χ0n) is 12.0. The first-order valence-electron chi connectivity index (χ1n) is 6.34. The second-order valence-electron chi connectivity index (χ2n) is 4.07. The fourth-order valence-corrected chi connectivity index (χ4v) is 2.35. The Hall–Kier alpha value is -2.59. The number of rotatable bonds is 5. The molecule has 2 rings (SSSR count). The maximum Gasteiger partial charge on any atom is 0.283 e. The van der Waals surface area contributed by atoms with Gasteiger partial charge in [0.25, 0.3) is 5.69 Å². The molecule has 0 atom stereocenters. The third-order valence-electron chi connectivity index (χ3n) is 2.53. The van der Waals surface area contributed by atoms with Gasteiger partial charge in [0.1, 0.15) is 0 Å². The van der Waals surface area contributed by atoms with Crippen LogP contribution in [0.3, 0.4) is 0 Å². The molecule has 0 aliphatic rings. The number of nitrogens with zero attached hydrogens (tertiary/aromatic N) is 4. The molecule has 0 saturated heterocycles. The van der Waals surface area contributed by atoms with Gasteiger partial charge in [-0.05, 0) is 36.1 Å². The summed E-state index contributed by atoms with van der Waals surface area (Å²) in [7, 11) is 1.66. The number of hydrogen-bond donors (Lipinski definition) is 2. The van der Waals surface area contributed by atoms with E-state index in [4.69, 9.17) is 12.2 Å². The van der Waals surface area contributed by atoms with E-state index in [1.165, 1.54) is 12.3 Å². The average Bonchev–Trinajstić information content (AvgIpc) is 2.56. The molecule has 23 heavy (non-hydrogen) atoms. The summed E-state index contributed by atoms with van der Waals surface area (Å²) in [5, 5.41) is 18.6. The lowest BCUT2D eigenvalue weighted by Crippen LogP contribution is -2.28. The van der Waals surface area contributed by atoms with Crippen molar-refractivity contribution < 1.29 is 4.92 Å². The topological polar surface area (TPSA) is 105 Å². The highest BCUT2D eigenvalue weighted by molar-refractivity contribution is 7.99. The fourth-order valence-electron chi connectivity index (χ4n) is 1.50. The monoisotopic (exact) mass is 348 g/mol. The predicted molar refractivity (Wildman–Crippen MR) is 91.6 cm³/mol. The molecule has 0 amide bonds. The Morgan fingerprint density at radius 2 is 2.17 bits per heavy atom. The number of hydrogen-bond acceptors (Lipinski definition) is 7. The molecule has 8 nitrogen and oxygen atoms in total. The number of aromatic nitrogens is 2. The molecule has 0 bridgehead atoms. The minimum absolute atomic E-state index is 0.0393. The summed E-state index contributed by atoms with van der Waals surface area (Å²) in [6.45, 7) is 0. The molecule has 0 unspecified atom stereocenters. The Balaban J connectivity index is 2.21. The summed E-state index contributed by atoms with van der Waals surface area (Å²) in [6.07, 6.45) is 4.61. The van der Waals surface area contributed by atoms with Crippen LogP contribution in [-0.2, 0) is 0 Å². The van der Waals surface area contributed by atoms with Crippen molar-refractivity contribution >= 4 is 41.0 Å². The van der Waals surface area contributed by atoms with Crippen LogP contribution in [-0.4, -0.2) is 33.3 Å². The zero-order chi connectivity index (χ0) is 16.7. The van der Waals surface area contributed by atoms with Crippen LogP contribution >= 0.6 is 24.0 Å². The van der Waals surface area contributed by atoms with Gasteiger partial charge in [-0.2, -0.15) is 5.10 Å². The van der Waals surface area contributed by atoms with Gasteiger partial charge in [-0.3, -0.25) is 15.5 Å². The molecule has 0 aliphatic carbocycles. The van der Waals surface area contributed by atoms with Gasteiger partial charge in [0.2, 0.25) is 0 Å². The third-order valence-corrected chi connectivity index (χ3v) is 3.78. The first-order chi connectivity index (χ1) is 11.1. The van der Waals surface area contributed by atoms with Gasteiger partial charge < -0.3 is 5.32 Å². The van der Waals surface area contributed by atoms with Crippen molar-refractivity contribution in [2.24, 2.45) is 5.10 Å². The normalized spacial score (nSPS) is 10.5. The SMILES string of the molecule is CNC(=S)NN=Cc1ccc(Sc2ncccn2)c([N+](=O)[O-])c1. The minimum atomic E-state index is -0.450. The lowest BCUT2D eigenvalue weighted by molar-refractivity contribution is -0.387. The van der Waals surface area contributed by atoms with Crippen LogP contribution in [0.2, 0.25) is 0 Å². The molecule has 0 saturated carbocycles. The molecule has 2 N–H and O–H groups in total. The van der Waals surface area contributed by atoms with Gasteiger partial charge in [-0.1, -0.05) is 6.07 Å². The molecule has 2 aromatic rings. The number of benzene rings is 1. The summed E-state index contributed by atoms with van der Waals surface area (Å²) in [5.41, 5.74) is 3.11. The lowest BCUT2D eigenvalue weighted by Gasteiger charge is -2.03. The van der Waals surface area contributed by atoms with Crippen LogP contribution in [0.1, 0.15) is 5.56 Å². The lowest BCUT2D eigenvalue weighted by atomic mass is 10.2. The molecule has 1 aromatic carbocycles. The van der Waals surface area contributed by atoms with E-state index in [1.807, 2.05) is 0 Å². The van der Waals surface area contributed by atoms with Crippen LogP contribution in [0.5, 0.6) is 0 Å². The van der Waals surface area contributed by atoms with Gasteiger partial charge >= 0.3 is 0 Å². The Kier molecular flexibility index (Phi) is 5.94. The molecule has 0 spiro atoms. The van der Waals surface area contributed by atoms with E-state index in [1.54, 1.807) is 37.6 Å². The molecule has 1 aromatic heterocycles. The van der Waals surface area contributed by atoms with Crippen molar-refractivity contribution in [3.05, 3.63) is 52.3 Å². The molecule has 1 heterocycles.